The lowest BCUT2D eigenvalue weighted by Gasteiger charge is -2.10. The second-order valence-corrected chi connectivity index (χ2v) is 8.41. The fourth-order valence-electron chi connectivity index (χ4n) is 1.64. The fourth-order valence-corrected chi connectivity index (χ4v) is 3.73. The summed E-state index contributed by atoms with van der Waals surface area (Å²) >= 11 is 8.76. The zero-order valence-electron chi connectivity index (χ0n) is 13.2. The third-order valence-corrected chi connectivity index (χ3v) is 5.11. The summed E-state index contributed by atoms with van der Waals surface area (Å²) in [6, 6.07) is 7.09. The fraction of sp³-hybridized carbons (Fsp3) is 0.400. The number of nitrogens with one attached hydrogen (secondary N) is 2. The average molecular weight is 371 g/mol. The van der Waals surface area contributed by atoms with Gasteiger partial charge in [0.2, 0.25) is 11.0 Å². The van der Waals surface area contributed by atoms with Crippen molar-refractivity contribution in [1.29, 1.82) is 0 Å². The Bertz CT molecular complexity index is 662. The van der Waals surface area contributed by atoms with E-state index < -0.39 is 0 Å². The lowest BCUT2D eigenvalue weighted by molar-refractivity contribution is -0.115. The second kappa shape index (κ2) is 8.52. The van der Waals surface area contributed by atoms with Gasteiger partial charge in [-0.15, -0.1) is 10.2 Å². The van der Waals surface area contributed by atoms with Crippen molar-refractivity contribution in [2.75, 3.05) is 17.2 Å². The molecule has 1 heterocycles. The lowest BCUT2D eigenvalue weighted by atomic mass is 10.2. The van der Waals surface area contributed by atoms with Crippen LogP contribution >= 0.6 is 34.7 Å². The van der Waals surface area contributed by atoms with Crippen LogP contribution in [0, 0.1) is 5.92 Å². The molecule has 2 rings (SSSR count). The molecule has 0 bridgehead atoms. The Kier molecular flexibility index (Phi) is 6.68. The molecule has 1 aromatic heterocycles. The van der Waals surface area contributed by atoms with E-state index >= 15 is 0 Å². The zero-order valence-corrected chi connectivity index (χ0v) is 15.6. The number of hydrogen-bond acceptors (Lipinski definition) is 6. The summed E-state index contributed by atoms with van der Waals surface area (Å²) in [6.07, 6.45) is 0. The van der Waals surface area contributed by atoms with Crippen LogP contribution in [-0.2, 0) is 4.79 Å². The van der Waals surface area contributed by atoms with Crippen LogP contribution in [0.4, 0.5) is 10.8 Å². The van der Waals surface area contributed by atoms with Gasteiger partial charge in [-0.25, -0.2) is 0 Å². The first-order chi connectivity index (χ1) is 10.9. The summed E-state index contributed by atoms with van der Waals surface area (Å²) < 4.78 is 0.769. The van der Waals surface area contributed by atoms with Gasteiger partial charge in [-0.2, -0.15) is 0 Å². The zero-order chi connectivity index (χ0) is 16.8. The third kappa shape index (κ3) is 6.01. The largest absolute Gasteiger partial charge is 0.360 e. The van der Waals surface area contributed by atoms with Crippen LogP contribution in [0.25, 0.3) is 0 Å². The first-order valence-corrected chi connectivity index (χ1v) is 9.32. The predicted octanol–water partition coefficient (Wildman–Crippen LogP) is 4.38. The van der Waals surface area contributed by atoms with E-state index in [9.17, 15) is 4.79 Å². The van der Waals surface area contributed by atoms with Gasteiger partial charge in [0.05, 0.1) is 5.25 Å². The van der Waals surface area contributed by atoms with Crippen molar-refractivity contribution in [2.45, 2.75) is 30.4 Å². The molecule has 0 saturated heterocycles. The van der Waals surface area contributed by atoms with E-state index in [1.807, 2.05) is 6.92 Å². The maximum atomic E-state index is 12.2. The number of aromatic nitrogens is 2. The number of rotatable bonds is 7. The Morgan fingerprint density at radius 1 is 1.35 bits per heavy atom. The first kappa shape index (κ1) is 18.0. The van der Waals surface area contributed by atoms with Gasteiger partial charge in [-0.05, 0) is 31.0 Å². The SMILES string of the molecule is CC(C)CNc1nnc(S[C@H](C)C(=O)Nc2cccc(Cl)c2)s1. The molecule has 23 heavy (non-hydrogen) atoms. The number of carbonyl (C=O) groups is 1. The molecule has 0 aliphatic rings. The van der Waals surface area contributed by atoms with E-state index in [1.165, 1.54) is 23.1 Å². The van der Waals surface area contributed by atoms with Crippen LogP contribution in [0.1, 0.15) is 20.8 Å². The van der Waals surface area contributed by atoms with Crippen LogP contribution in [0.15, 0.2) is 28.6 Å². The summed E-state index contributed by atoms with van der Waals surface area (Å²) in [5, 5.41) is 15.4. The Hall–Kier alpha value is -1.31. The Morgan fingerprint density at radius 3 is 2.83 bits per heavy atom. The second-order valence-electron chi connectivity index (χ2n) is 5.41. The average Bonchev–Trinajstić information content (AvgIpc) is 2.92. The van der Waals surface area contributed by atoms with Gasteiger partial charge in [-0.3, -0.25) is 4.79 Å². The molecule has 0 spiro atoms. The van der Waals surface area contributed by atoms with E-state index in [2.05, 4.69) is 34.7 Å². The van der Waals surface area contributed by atoms with Gasteiger partial charge in [0.25, 0.3) is 0 Å². The Morgan fingerprint density at radius 2 is 2.13 bits per heavy atom. The molecule has 0 aliphatic carbocycles. The van der Waals surface area contributed by atoms with Gasteiger partial charge in [0.1, 0.15) is 0 Å². The number of halogens is 1. The minimum atomic E-state index is -0.278. The standard InChI is InChI=1S/C15H19ClN4OS2/c1-9(2)8-17-14-19-20-15(23-14)22-10(3)13(21)18-12-6-4-5-11(16)7-12/h4-7,9-10H,8H2,1-3H3,(H,17,19)(H,18,21)/t10-/m1/s1. The number of hydrogen-bond donors (Lipinski definition) is 2. The molecule has 0 aliphatic heterocycles. The maximum Gasteiger partial charge on any atom is 0.237 e. The van der Waals surface area contributed by atoms with E-state index in [0.29, 0.717) is 16.6 Å². The van der Waals surface area contributed by atoms with E-state index in [4.69, 9.17) is 11.6 Å². The van der Waals surface area contributed by atoms with Crippen molar-refractivity contribution in [3.05, 3.63) is 29.3 Å². The minimum absolute atomic E-state index is 0.0934. The number of nitrogens with zero attached hydrogens (tertiary/aromatic N) is 2. The highest BCUT2D eigenvalue weighted by Gasteiger charge is 2.17. The predicted molar refractivity (Wildman–Crippen MR) is 98.6 cm³/mol. The molecule has 1 aromatic carbocycles. The van der Waals surface area contributed by atoms with Crippen molar-refractivity contribution < 1.29 is 4.79 Å². The summed E-state index contributed by atoms with van der Waals surface area (Å²) in [5.74, 6) is 0.446. The number of benzene rings is 1. The molecule has 124 valence electrons. The van der Waals surface area contributed by atoms with Gasteiger partial charge in [0, 0.05) is 17.3 Å². The monoisotopic (exact) mass is 370 g/mol. The number of thioether (sulfide) groups is 1. The molecular formula is C15H19ClN4OS2. The van der Waals surface area contributed by atoms with Crippen molar-refractivity contribution in [3.8, 4) is 0 Å². The summed E-state index contributed by atoms with van der Waals surface area (Å²) in [7, 11) is 0. The quantitative estimate of drug-likeness (QED) is 0.708. The van der Waals surface area contributed by atoms with E-state index in [0.717, 1.165) is 16.0 Å². The highest BCUT2D eigenvalue weighted by atomic mass is 35.5. The highest BCUT2D eigenvalue weighted by Crippen LogP contribution is 2.29. The molecule has 1 amide bonds. The lowest BCUT2D eigenvalue weighted by Crippen LogP contribution is -2.22. The van der Waals surface area contributed by atoms with Gasteiger partial charge in [0.15, 0.2) is 4.34 Å². The minimum Gasteiger partial charge on any atom is -0.360 e. The molecule has 5 nitrogen and oxygen atoms in total. The van der Waals surface area contributed by atoms with Crippen molar-refractivity contribution in [3.63, 3.8) is 0 Å². The molecule has 0 unspecified atom stereocenters. The van der Waals surface area contributed by atoms with E-state index in [-0.39, 0.29) is 11.2 Å². The molecule has 2 N–H and O–H groups in total. The Balaban J connectivity index is 1.88. The van der Waals surface area contributed by atoms with Gasteiger partial charge >= 0.3 is 0 Å². The number of carbonyl (C=O) groups excluding carboxylic acids is 1. The van der Waals surface area contributed by atoms with Crippen molar-refractivity contribution in [1.82, 2.24) is 10.2 Å². The van der Waals surface area contributed by atoms with Crippen LogP contribution in [-0.4, -0.2) is 27.9 Å². The van der Waals surface area contributed by atoms with Crippen LogP contribution in [0.3, 0.4) is 0 Å². The van der Waals surface area contributed by atoms with Crippen LogP contribution in [0.2, 0.25) is 5.02 Å². The highest BCUT2D eigenvalue weighted by molar-refractivity contribution is 8.02. The van der Waals surface area contributed by atoms with Crippen LogP contribution < -0.4 is 10.6 Å². The molecule has 0 saturated carbocycles. The molecule has 0 radical (unpaired) electrons. The van der Waals surface area contributed by atoms with Crippen molar-refractivity contribution in [2.24, 2.45) is 5.92 Å². The van der Waals surface area contributed by atoms with Gasteiger partial charge in [-0.1, -0.05) is 54.6 Å². The van der Waals surface area contributed by atoms with E-state index in [1.54, 1.807) is 24.3 Å². The summed E-state index contributed by atoms with van der Waals surface area (Å²) in [4.78, 5) is 12.2. The summed E-state index contributed by atoms with van der Waals surface area (Å²) in [6.45, 7) is 6.95. The molecular weight excluding hydrogens is 352 g/mol. The van der Waals surface area contributed by atoms with Crippen molar-refractivity contribution >= 4 is 51.4 Å². The molecule has 0 fully saturated rings. The molecule has 2 aromatic rings. The summed E-state index contributed by atoms with van der Waals surface area (Å²) in [5.41, 5.74) is 0.687. The maximum absolute atomic E-state index is 12.2. The molecule has 8 heteroatoms. The number of amides is 1. The topological polar surface area (TPSA) is 66.9 Å². The normalized spacial score (nSPS) is 12.2. The number of anilines is 2. The first-order valence-electron chi connectivity index (χ1n) is 7.24. The van der Waals surface area contributed by atoms with Gasteiger partial charge < -0.3 is 10.6 Å². The van der Waals surface area contributed by atoms with Crippen LogP contribution in [0.5, 0.6) is 0 Å². The smallest absolute Gasteiger partial charge is 0.237 e. The molecule has 1 atom stereocenters. The Labute approximate surface area is 149 Å². The third-order valence-electron chi connectivity index (χ3n) is 2.81.